The molecule has 0 spiro atoms. The first-order chi connectivity index (χ1) is 12.5. The van der Waals surface area contributed by atoms with Crippen molar-refractivity contribution in [2.24, 2.45) is 5.10 Å². The second kappa shape index (κ2) is 7.74. The Morgan fingerprint density at radius 3 is 2.54 bits per heavy atom. The number of rotatable bonds is 5. The van der Waals surface area contributed by atoms with Gasteiger partial charge in [0, 0.05) is 4.47 Å². The van der Waals surface area contributed by atoms with Crippen LogP contribution in [0.5, 0.6) is 11.5 Å². The molecule has 5 nitrogen and oxygen atoms in total. The fourth-order valence-electron chi connectivity index (χ4n) is 2.66. The van der Waals surface area contributed by atoms with Crippen molar-refractivity contribution < 1.29 is 14.3 Å². The van der Waals surface area contributed by atoms with Crippen LogP contribution < -0.4 is 14.5 Å². The van der Waals surface area contributed by atoms with Crippen molar-refractivity contribution >= 4 is 39.3 Å². The maximum Gasteiger partial charge on any atom is 0.280 e. The molecule has 0 unspecified atom stereocenters. The lowest BCUT2D eigenvalue weighted by atomic mass is 10.1. The number of anilines is 1. The van der Waals surface area contributed by atoms with Crippen LogP contribution in [0.3, 0.4) is 0 Å². The van der Waals surface area contributed by atoms with Gasteiger partial charge in [-0.3, -0.25) is 4.79 Å². The Morgan fingerprint density at radius 2 is 1.88 bits per heavy atom. The summed E-state index contributed by atoms with van der Waals surface area (Å²) in [4.78, 5) is 12.8. The summed E-state index contributed by atoms with van der Waals surface area (Å²) in [6.45, 7) is 4.31. The van der Waals surface area contributed by atoms with Gasteiger partial charge in [0.1, 0.15) is 0 Å². The summed E-state index contributed by atoms with van der Waals surface area (Å²) in [6.07, 6.45) is 1.82. The van der Waals surface area contributed by atoms with Gasteiger partial charge in [0.15, 0.2) is 11.5 Å². The predicted molar refractivity (Wildman–Crippen MR) is 107 cm³/mol. The fraction of sp³-hybridized carbons (Fsp3) is 0.200. The van der Waals surface area contributed by atoms with E-state index in [2.05, 4.69) is 21.0 Å². The maximum atomic E-state index is 12.8. The van der Waals surface area contributed by atoms with Crippen molar-refractivity contribution in [3.8, 4) is 11.5 Å². The third kappa shape index (κ3) is 3.65. The first-order valence-corrected chi connectivity index (χ1v) is 9.01. The van der Waals surface area contributed by atoms with Crippen LogP contribution in [0.25, 0.3) is 6.08 Å². The molecule has 0 atom stereocenters. The van der Waals surface area contributed by atoms with E-state index in [4.69, 9.17) is 9.47 Å². The van der Waals surface area contributed by atoms with Gasteiger partial charge in [-0.15, -0.1) is 0 Å². The normalized spacial score (nSPS) is 15.4. The molecule has 0 fully saturated rings. The van der Waals surface area contributed by atoms with Crippen molar-refractivity contribution in [2.75, 3.05) is 18.7 Å². The average molecular weight is 415 g/mol. The summed E-state index contributed by atoms with van der Waals surface area (Å²) in [5.74, 6) is 1.15. The fourth-order valence-corrected chi connectivity index (χ4v) is 2.92. The van der Waals surface area contributed by atoms with Gasteiger partial charge < -0.3 is 9.47 Å². The zero-order valence-corrected chi connectivity index (χ0v) is 16.4. The summed E-state index contributed by atoms with van der Waals surface area (Å²) >= 11 is 3.39. The van der Waals surface area contributed by atoms with Crippen molar-refractivity contribution in [1.82, 2.24) is 0 Å². The Kier molecular flexibility index (Phi) is 5.42. The van der Waals surface area contributed by atoms with E-state index in [-0.39, 0.29) is 5.91 Å². The van der Waals surface area contributed by atoms with Gasteiger partial charge in [-0.2, -0.15) is 10.1 Å². The molecule has 1 aliphatic rings. The van der Waals surface area contributed by atoms with Crippen LogP contribution in [0.2, 0.25) is 0 Å². The number of nitrogens with zero attached hydrogens (tertiary/aromatic N) is 2. The number of benzene rings is 2. The summed E-state index contributed by atoms with van der Waals surface area (Å²) in [6, 6.07) is 13.0. The first kappa shape index (κ1) is 18.2. The van der Waals surface area contributed by atoms with E-state index in [0.717, 1.165) is 15.7 Å². The molecule has 6 heteroatoms. The van der Waals surface area contributed by atoms with E-state index < -0.39 is 0 Å². The Hall–Kier alpha value is -2.60. The molecule has 0 aliphatic carbocycles. The minimum atomic E-state index is -0.155. The zero-order valence-electron chi connectivity index (χ0n) is 14.8. The number of hydrazone groups is 1. The summed E-state index contributed by atoms with van der Waals surface area (Å²) in [5, 5.41) is 5.81. The Morgan fingerprint density at radius 1 is 1.15 bits per heavy atom. The maximum absolute atomic E-state index is 12.8. The van der Waals surface area contributed by atoms with Gasteiger partial charge in [-0.05, 0) is 61.9 Å². The number of carbonyl (C=O) groups is 1. The largest absolute Gasteiger partial charge is 0.493 e. The number of halogens is 1. The molecule has 3 rings (SSSR count). The molecule has 1 heterocycles. The van der Waals surface area contributed by atoms with Crippen LogP contribution in [0.1, 0.15) is 19.4 Å². The number of carbonyl (C=O) groups excluding carboxylic acids is 1. The van der Waals surface area contributed by atoms with Crippen LogP contribution in [0.4, 0.5) is 5.69 Å². The summed E-state index contributed by atoms with van der Waals surface area (Å²) in [7, 11) is 1.59. The van der Waals surface area contributed by atoms with Gasteiger partial charge >= 0.3 is 0 Å². The monoisotopic (exact) mass is 414 g/mol. The lowest BCUT2D eigenvalue weighted by molar-refractivity contribution is -0.114. The highest BCUT2D eigenvalue weighted by atomic mass is 79.9. The standard InChI is InChI=1S/C20H19BrN2O3/c1-4-26-18-10-5-14(12-19(18)25-3)11-17-13(2)22-23(20(17)24)16-8-6-15(21)7-9-16/h5-12H,4H2,1-3H3/b17-11+. The molecule has 0 N–H and O–H groups in total. The van der Waals surface area contributed by atoms with Crippen LogP contribution in [0.15, 0.2) is 57.6 Å². The van der Waals surface area contributed by atoms with Gasteiger partial charge in [0.2, 0.25) is 0 Å². The minimum Gasteiger partial charge on any atom is -0.493 e. The minimum absolute atomic E-state index is 0.155. The molecule has 1 aliphatic heterocycles. The zero-order chi connectivity index (χ0) is 18.7. The lowest BCUT2D eigenvalue weighted by Gasteiger charge is -2.12. The molecular formula is C20H19BrN2O3. The van der Waals surface area contributed by atoms with E-state index in [0.29, 0.717) is 29.4 Å². The van der Waals surface area contributed by atoms with Crippen LogP contribution >= 0.6 is 15.9 Å². The number of hydrogen-bond donors (Lipinski definition) is 0. The van der Waals surface area contributed by atoms with Gasteiger partial charge in [-0.25, -0.2) is 0 Å². The van der Waals surface area contributed by atoms with Gasteiger partial charge in [0.25, 0.3) is 5.91 Å². The average Bonchev–Trinajstić information content (AvgIpc) is 2.92. The third-order valence-corrected chi connectivity index (χ3v) is 4.46. The van der Waals surface area contributed by atoms with E-state index in [9.17, 15) is 4.79 Å². The smallest absolute Gasteiger partial charge is 0.280 e. The van der Waals surface area contributed by atoms with E-state index in [1.165, 1.54) is 5.01 Å². The first-order valence-electron chi connectivity index (χ1n) is 8.21. The molecule has 2 aromatic carbocycles. The second-order valence-electron chi connectivity index (χ2n) is 5.68. The Bertz CT molecular complexity index is 888. The molecule has 0 bridgehead atoms. The van der Waals surface area contributed by atoms with Crippen LogP contribution in [-0.2, 0) is 4.79 Å². The lowest BCUT2D eigenvalue weighted by Crippen LogP contribution is -2.21. The highest BCUT2D eigenvalue weighted by molar-refractivity contribution is 9.10. The highest BCUT2D eigenvalue weighted by Gasteiger charge is 2.28. The van der Waals surface area contributed by atoms with Crippen molar-refractivity contribution in [3.05, 3.63) is 58.1 Å². The van der Waals surface area contributed by atoms with Gasteiger partial charge in [0.05, 0.1) is 30.7 Å². The van der Waals surface area contributed by atoms with Crippen LogP contribution in [-0.4, -0.2) is 25.3 Å². The van der Waals surface area contributed by atoms with Crippen molar-refractivity contribution in [3.63, 3.8) is 0 Å². The molecule has 0 saturated carbocycles. The molecular weight excluding hydrogens is 396 g/mol. The van der Waals surface area contributed by atoms with Crippen molar-refractivity contribution in [2.45, 2.75) is 13.8 Å². The summed E-state index contributed by atoms with van der Waals surface area (Å²) in [5.41, 5.74) is 2.80. The Labute approximate surface area is 161 Å². The quantitative estimate of drug-likeness (QED) is 0.668. The highest BCUT2D eigenvalue weighted by Crippen LogP contribution is 2.30. The number of hydrogen-bond acceptors (Lipinski definition) is 4. The molecule has 2 aromatic rings. The second-order valence-corrected chi connectivity index (χ2v) is 6.60. The predicted octanol–water partition coefficient (Wildman–Crippen LogP) is 4.66. The molecule has 0 radical (unpaired) electrons. The third-order valence-electron chi connectivity index (χ3n) is 3.93. The van der Waals surface area contributed by atoms with Crippen LogP contribution in [0, 0.1) is 0 Å². The molecule has 1 amide bonds. The van der Waals surface area contributed by atoms with E-state index >= 15 is 0 Å². The molecule has 26 heavy (non-hydrogen) atoms. The summed E-state index contributed by atoms with van der Waals surface area (Å²) < 4.78 is 11.9. The van der Waals surface area contributed by atoms with Gasteiger partial charge in [-0.1, -0.05) is 22.0 Å². The molecule has 0 aromatic heterocycles. The SMILES string of the molecule is CCOc1ccc(/C=C2/C(=O)N(c3ccc(Br)cc3)N=C2C)cc1OC. The molecule has 0 saturated heterocycles. The van der Waals surface area contributed by atoms with Crippen molar-refractivity contribution in [1.29, 1.82) is 0 Å². The van der Waals surface area contributed by atoms with E-state index in [1.54, 1.807) is 7.11 Å². The topological polar surface area (TPSA) is 51.1 Å². The number of amides is 1. The van der Waals surface area contributed by atoms with E-state index in [1.807, 2.05) is 62.4 Å². The molecule has 134 valence electrons. The number of methoxy groups -OCH3 is 1. The Balaban J connectivity index is 1.91. The number of ether oxygens (including phenoxy) is 2.